The lowest BCUT2D eigenvalue weighted by atomic mass is 10.2. The van der Waals surface area contributed by atoms with Crippen LogP contribution < -0.4 is 0 Å². The number of para-hydroxylation sites is 2. The SMILES string of the molecule is Cc1sc(C(=O)O)cc1Cn1c(C)nc2ccccc21. The number of aromatic nitrogens is 2. The molecule has 1 N–H and O–H groups in total. The summed E-state index contributed by atoms with van der Waals surface area (Å²) in [6, 6.07) is 9.74. The van der Waals surface area contributed by atoms with E-state index in [1.807, 2.05) is 38.1 Å². The molecule has 3 aromatic rings. The van der Waals surface area contributed by atoms with Crippen LogP contribution in [0, 0.1) is 13.8 Å². The molecule has 102 valence electrons. The van der Waals surface area contributed by atoms with Gasteiger partial charge in [-0.15, -0.1) is 11.3 Å². The van der Waals surface area contributed by atoms with Crippen molar-refractivity contribution in [2.45, 2.75) is 20.4 Å². The van der Waals surface area contributed by atoms with E-state index in [1.54, 1.807) is 6.07 Å². The number of aromatic carboxylic acids is 1. The molecule has 0 radical (unpaired) electrons. The van der Waals surface area contributed by atoms with Gasteiger partial charge in [0.25, 0.3) is 0 Å². The molecule has 2 aromatic heterocycles. The fourth-order valence-corrected chi connectivity index (χ4v) is 3.22. The summed E-state index contributed by atoms with van der Waals surface area (Å²) in [5.74, 6) is 0.0743. The number of hydrogen-bond acceptors (Lipinski definition) is 3. The Hall–Kier alpha value is -2.14. The maximum Gasteiger partial charge on any atom is 0.345 e. The van der Waals surface area contributed by atoms with Gasteiger partial charge in [-0.25, -0.2) is 9.78 Å². The lowest BCUT2D eigenvalue weighted by molar-refractivity contribution is 0.0702. The number of carbonyl (C=O) groups is 1. The standard InChI is InChI=1S/C15H14N2O2S/c1-9-11(7-14(20-9)15(18)19)8-17-10(2)16-12-5-3-4-6-13(12)17/h3-7H,8H2,1-2H3,(H,18,19). The smallest absolute Gasteiger partial charge is 0.345 e. The summed E-state index contributed by atoms with van der Waals surface area (Å²) >= 11 is 1.32. The third-order valence-electron chi connectivity index (χ3n) is 3.41. The molecular formula is C15H14N2O2S. The van der Waals surface area contributed by atoms with Gasteiger partial charge in [-0.3, -0.25) is 0 Å². The molecule has 2 heterocycles. The molecule has 0 saturated carbocycles. The zero-order valence-corrected chi connectivity index (χ0v) is 12.1. The van der Waals surface area contributed by atoms with Gasteiger partial charge in [-0.2, -0.15) is 0 Å². The molecule has 0 saturated heterocycles. The number of carboxylic acids is 1. The van der Waals surface area contributed by atoms with Gasteiger partial charge in [0.15, 0.2) is 0 Å². The fraction of sp³-hybridized carbons (Fsp3) is 0.200. The van der Waals surface area contributed by atoms with Crippen molar-refractivity contribution in [3.05, 3.63) is 51.5 Å². The van der Waals surface area contributed by atoms with E-state index in [0.717, 1.165) is 27.3 Å². The van der Waals surface area contributed by atoms with Crippen LogP contribution in [0.5, 0.6) is 0 Å². The molecule has 0 bridgehead atoms. The molecule has 0 atom stereocenters. The van der Waals surface area contributed by atoms with E-state index in [0.29, 0.717) is 11.4 Å². The molecule has 0 amide bonds. The van der Waals surface area contributed by atoms with Gasteiger partial charge in [0.1, 0.15) is 10.7 Å². The summed E-state index contributed by atoms with van der Waals surface area (Å²) in [7, 11) is 0. The highest BCUT2D eigenvalue weighted by molar-refractivity contribution is 7.14. The van der Waals surface area contributed by atoms with Crippen LogP contribution in [0.15, 0.2) is 30.3 Å². The Balaban J connectivity index is 2.05. The fourth-order valence-electron chi connectivity index (χ4n) is 2.35. The average Bonchev–Trinajstić information content (AvgIpc) is 2.92. The molecule has 0 spiro atoms. The minimum Gasteiger partial charge on any atom is -0.477 e. The molecule has 0 fully saturated rings. The van der Waals surface area contributed by atoms with E-state index in [2.05, 4.69) is 9.55 Å². The third kappa shape index (κ3) is 2.10. The van der Waals surface area contributed by atoms with Crippen LogP contribution in [0.1, 0.15) is 25.9 Å². The number of benzene rings is 1. The number of imidazole rings is 1. The van der Waals surface area contributed by atoms with Crippen molar-refractivity contribution in [1.82, 2.24) is 9.55 Å². The van der Waals surface area contributed by atoms with E-state index in [4.69, 9.17) is 5.11 Å². The number of hydrogen-bond donors (Lipinski definition) is 1. The van der Waals surface area contributed by atoms with E-state index >= 15 is 0 Å². The Morgan fingerprint density at radius 1 is 1.35 bits per heavy atom. The highest BCUT2D eigenvalue weighted by Gasteiger charge is 2.13. The summed E-state index contributed by atoms with van der Waals surface area (Å²) in [5.41, 5.74) is 3.09. The quantitative estimate of drug-likeness (QED) is 0.802. The highest BCUT2D eigenvalue weighted by Crippen LogP contribution is 2.24. The predicted octanol–water partition coefficient (Wildman–Crippen LogP) is 3.46. The van der Waals surface area contributed by atoms with Crippen molar-refractivity contribution in [2.75, 3.05) is 0 Å². The second-order valence-electron chi connectivity index (χ2n) is 4.73. The molecule has 0 aliphatic carbocycles. The predicted molar refractivity (Wildman–Crippen MR) is 79.6 cm³/mol. The van der Waals surface area contributed by atoms with Crippen LogP contribution in [-0.2, 0) is 6.54 Å². The minimum absolute atomic E-state index is 0.388. The van der Waals surface area contributed by atoms with Gasteiger partial charge in [0.05, 0.1) is 17.6 Å². The Kier molecular flexibility index (Phi) is 3.06. The number of rotatable bonds is 3. The van der Waals surface area contributed by atoms with E-state index in [1.165, 1.54) is 11.3 Å². The number of carboxylic acid groups (broad SMARTS) is 1. The molecule has 5 heteroatoms. The third-order valence-corrected chi connectivity index (χ3v) is 4.49. The van der Waals surface area contributed by atoms with Crippen molar-refractivity contribution in [3.8, 4) is 0 Å². The highest BCUT2D eigenvalue weighted by atomic mass is 32.1. The Morgan fingerprint density at radius 2 is 2.10 bits per heavy atom. The molecule has 1 aromatic carbocycles. The van der Waals surface area contributed by atoms with Crippen LogP contribution >= 0.6 is 11.3 Å². The van der Waals surface area contributed by atoms with Crippen molar-refractivity contribution in [1.29, 1.82) is 0 Å². The number of thiophene rings is 1. The summed E-state index contributed by atoms with van der Waals surface area (Å²) in [5, 5.41) is 9.07. The van der Waals surface area contributed by atoms with Crippen molar-refractivity contribution in [2.24, 2.45) is 0 Å². The molecule has 20 heavy (non-hydrogen) atoms. The second kappa shape index (κ2) is 4.76. The molecular weight excluding hydrogens is 272 g/mol. The maximum absolute atomic E-state index is 11.0. The number of nitrogens with zero attached hydrogens (tertiary/aromatic N) is 2. The molecule has 3 rings (SSSR count). The van der Waals surface area contributed by atoms with Gasteiger partial charge >= 0.3 is 5.97 Å². The van der Waals surface area contributed by atoms with Crippen molar-refractivity contribution < 1.29 is 9.90 Å². The van der Waals surface area contributed by atoms with Crippen LogP contribution in [-0.4, -0.2) is 20.6 Å². The first-order valence-corrected chi connectivity index (χ1v) is 7.12. The first-order valence-electron chi connectivity index (χ1n) is 6.30. The Labute approximate surface area is 120 Å². The summed E-state index contributed by atoms with van der Waals surface area (Å²) in [6.45, 7) is 4.59. The van der Waals surface area contributed by atoms with Gasteiger partial charge in [0.2, 0.25) is 0 Å². The molecule has 4 nitrogen and oxygen atoms in total. The first kappa shape index (κ1) is 12.9. The normalized spacial score (nSPS) is 11.1. The molecule has 0 unspecified atom stereocenters. The zero-order valence-electron chi connectivity index (χ0n) is 11.3. The molecule has 0 aliphatic rings. The van der Waals surface area contributed by atoms with Crippen LogP contribution in [0.4, 0.5) is 0 Å². The lowest BCUT2D eigenvalue weighted by Gasteiger charge is -2.06. The monoisotopic (exact) mass is 286 g/mol. The minimum atomic E-state index is -0.864. The van der Waals surface area contributed by atoms with E-state index in [9.17, 15) is 4.79 Å². The van der Waals surface area contributed by atoms with Gasteiger partial charge in [-0.1, -0.05) is 12.1 Å². The lowest BCUT2D eigenvalue weighted by Crippen LogP contribution is -2.02. The maximum atomic E-state index is 11.0. The van der Waals surface area contributed by atoms with Crippen LogP contribution in [0.3, 0.4) is 0 Å². The largest absolute Gasteiger partial charge is 0.477 e. The summed E-state index contributed by atoms with van der Waals surface area (Å²) in [6.07, 6.45) is 0. The molecule has 0 aliphatic heterocycles. The van der Waals surface area contributed by atoms with Crippen LogP contribution in [0.2, 0.25) is 0 Å². The second-order valence-corrected chi connectivity index (χ2v) is 5.99. The summed E-state index contributed by atoms with van der Waals surface area (Å²) in [4.78, 5) is 17.0. The van der Waals surface area contributed by atoms with Crippen molar-refractivity contribution >= 4 is 28.3 Å². The first-order chi connectivity index (χ1) is 9.56. The number of fused-ring (bicyclic) bond motifs is 1. The van der Waals surface area contributed by atoms with Crippen molar-refractivity contribution in [3.63, 3.8) is 0 Å². The summed E-state index contributed by atoms with van der Waals surface area (Å²) < 4.78 is 2.12. The topological polar surface area (TPSA) is 55.1 Å². The Bertz CT molecular complexity index is 801. The van der Waals surface area contributed by atoms with Gasteiger partial charge < -0.3 is 9.67 Å². The zero-order chi connectivity index (χ0) is 14.3. The van der Waals surface area contributed by atoms with Gasteiger partial charge in [0, 0.05) is 4.88 Å². The Morgan fingerprint density at radius 3 is 2.80 bits per heavy atom. The number of aryl methyl sites for hydroxylation is 2. The van der Waals surface area contributed by atoms with E-state index < -0.39 is 5.97 Å². The van der Waals surface area contributed by atoms with E-state index in [-0.39, 0.29) is 0 Å². The van der Waals surface area contributed by atoms with Gasteiger partial charge in [-0.05, 0) is 37.6 Å². The average molecular weight is 286 g/mol. The van der Waals surface area contributed by atoms with Crippen LogP contribution in [0.25, 0.3) is 11.0 Å².